The molecule has 0 spiro atoms. The maximum absolute atomic E-state index is 13.0. The van der Waals surface area contributed by atoms with Crippen LogP contribution < -0.4 is 10.1 Å². The van der Waals surface area contributed by atoms with Crippen molar-refractivity contribution in [3.63, 3.8) is 0 Å². The summed E-state index contributed by atoms with van der Waals surface area (Å²) in [5.41, 5.74) is 1.69. The topological polar surface area (TPSA) is 41.6 Å². The van der Waals surface area contributed by atoms with Crippen molar-refractivity contribution >= 4 is 5.78 Å². The highest BCUT2D eigenvalue weighted by Crippen LogP contribution is 2.22. The zero-order valence-electron chi connectivity index (χ0n) is 15.7. The fourth-order valence-electron chi connectivity index (χ4n) is 3.01. The summed E-state index contributed by atoms with van der Waals surface area (Å²) in [6.07, 6.45) is 0. The minimum Gasteiger partial charge on any atom is -0.497 e. The number of benzene rings is 2. The van der Waals surface area contributed by atoms with Gasteiger partial charge in [-0.05, 0) is 55.1 Å². The van der Waals surface area contributed by atoms with E-state index in [1.54, 1.807) is 7.11 Å². The first kappa shape index (κ1) is 20.1. The largest absolute Gasteiger partial charge is 0.497 e. The molecule has 26 heavy (non-hydrogen) atoms. The number of ketones is 1. The van der Waals surface area contributed by atoms with Gasteiger partial charge in [-0.1, -0.05) is 26.0 Å². The third-order valence-electron chi connectivity index (χ3n) is 4.54. The van der Waals surface area contributed by atoms with Crippen LogP contribution in [0.2, 0.25) is 0 Å². The molecule has 2 aromatic carbocycles. The van der Waals surface area contributed by atoms with Crippen molar-refractivity contribution in [1.29, 1.82) is 0 Å². The standard InChI is InChI=1S/C21H27FN2O2/c1-4-24(5-2)20(16-8-12-19(26-3)13-9-16)14-23-15-21(25)17-6-10-18(22)11-7-17/h6-13,20,23H,4-5,14-15H2,1-3H3. The fourth-order valence-corrected chi connectivity index (χ4v) is 3.01. The first-order valence-corrected chi connectivity index (χ1v) is 8.96. The normalized spacial score (nSPS) is 12.2. The molecule has 0 aliphatic carbocycles. The Morgan fingerprint density at radius 1 is 1.08 bits per heavy atom. The predicted molar refractivity (Wildman–Crippen MR) is 102 cm³/mol. The van der Waals surface area contributed by atoms with Crippen molar-refractivity contribution in [2.45, 2.75) is 19.9 Å². The number of nitrogens with zero attached hydrogens (tertiary/aromatic N) is 1. The number of Topliss-reactive ketones (excluding diaryl/α,β-unsaturated/α-hetero) is 1. The monoisotopic (exact) mass is 358 g/mol. The average Bonchev–Trinajstić information content (AvgIpc) is 2.68. The van der Waals surface area contributed by atoms with E-state index in [1.807, 2.05) is 12.1 Å². The molecule has 1 atom stereocenters. The minimum atomic E-state index is -0.337. The molecule has 0 aromatic heterocycles. The number of ether oxygens (including phenoxy) is 1. The van der Waals surface area contributed by atoms with Crippen LogP contribution in [0.3, 0.4) is 0 Å². The zero-order valence-corrected chi connectivity index (χ0v) is 15.7. The first-order chi connectivity index (χ1) is 12.6. The molecule has 0 saturated carbocycles. The summed E-state index contributed by atoms with van der Waals surface area (Å²) < 4.78 is 18.2. The predicted octanol–water partition coefficient (Wildman–Crippen LogP) is 3.69. The van der Waals surface area contributed by atoms with Crippen LogP contribution in [0.5, 0.6) is 5.75 Å². The first-order valence-electron chi connectivity index (χ1n) is 8.96. The molecule has 2 rings (SSSR count). The number of nitrogens with one attached hydrogen (secondary N) is 1. The van der Waals surface area contributed by atoms with E-state index in [1.165, 1.54) is 29.8 Å². The number of likely N-dealkylation sites (N-methyl/N-ethyl adjacent to an activating group) is 1. The summed E-state index contributed by atoms with van der Waals surface area (Å²) in [6, 6.07) is 13.8. The van der Waals surface area contributed by atoms with Crippen molar-refractivity contribution in [3.8, 4) is 5.75 Å². The molecule has 4 nitrogen and oxygen atoms in total. The quantitative estimate of drug-likeness (QED) is 0.658. The molecule has 0 radical (unpaired) electrons. The third kappa shape index (κ3) is 5.38. The SMILES string of the molecule is CCN(CC)C(CNCC(=O)c1ccc(F)cc1)c1ccc(OC)cc1. The van der Waals surface area contributed by atoms with Crippen LogP contribution in [-0.4, -0.2) is 44.0 Å². The molecule has 0 aliphatic heterocycles. The molecule has 2 aromatic rings. The van der Waals surface area contributed by atoms with Crippen LogP contribution in [0.25, 0.3) is 0 Å². The minimum absolute atomic E-state index is 0.0435. The van der Waals surface area contributed by atoms with Crippen LogP contribution in [0.4, 0.5) is 4.39 Å². The molecule has 0 amide bonds. The Kier molecular flexibility index (Phi) is 7.75. The summed E-state index contributed by atoms with van der Waals surface area (Å²) >= 11 is 0. The van der Waals surface area contributed by atoms with Gasteiger partial charge in [0, 0.05) is 18.2 Å². The van der Waals surface area contributed by atoms with Crippen LogP contribution in [-0.2, 0) is 0 Å². The van der Waals surface area contributed by atoms with Crippen LogP contribution in [0, 0.1) is 5.82 Å². The number of methoxy groups -OCH3 is 1. The van der Waals surface area contributed by atoms with Gasteiger partial charge >= 0.3 is 0 Å². The second-order valence-electron chi connectivity index (χ2n) is 6.07. The lowest BCUT2D eigenvalue weighted by Gasteiger charge is -2.30. The lowest BCUT2D eigenvalue weighted by atomic mass is 10.0. The lowest BCUT2D eigenvalue weighted by Crippen LogP contribution is -2.37. The smallest absolute Gasteiger partial charge is 0.176 e. The number of halogens is 1. The Balaban J connectivity index is 2.02. The second-order valence-corrected chi connectivity index (χ2v) is 6.07. The molecule has 0 bridgehead atoms. The summed E-state index contributed by atoms with van der Waals surface area (Å²) in [5, 5.41) is 3.26. The summed E-state index contributed by atoms with van der Waals surface area (Å²) in [6.45, 7) is 6.97. The molecular formula is C21H27FN2O2. The van der Waals surface area contributed by atoms with Gasteiger partial charge in [-0.3, -0.25) is 9.69 Å². The van der Waals surface area contributed by atoms with Gasteiger partial charge in [0.25, 0.3) is 0 Å². The molecule has 0 aliphatic rings. The Bertz CT molecular complexity index is 682. The zero-order chi connectivity index (χ0) is 18.9. The van der Waals surface area contributed by atoms with Crippen molar-refractivity contribution < 1.29 is 13.9 Å². The van der Waals surface area contributed by atoms with E-state index < -0.39 is 0 Å². The number of hydrogen-bond acceptors (Lipinski definition) is 4. The van der Waals surface area contributed by atoms with E-state index in [-0.39, 0.29) is 24.2 Å². The second kappa shape index (κ2) is 10.0. The van der Waals surface area contributed by atoms with Gasteiger partial charge in [-0.2, -0.15) is 0 Å². The number of rotatable bonds is 10. The van der Waals surface area contributed by atoms with Gasteiger partial charge in [-0.25, -0.2) is 4.39 Å². The number of carbonyl (C=O) groups is 1. The van der Waals surface area contributed by atoms with Crippen molar-refractivity contribution in [3.05, 3.63) is 65.5 Å². The number of carbonyl (C=O) groups excluding carboxylic acids is 1. The van der Waals surface area contributed by atoms with Gasteiger partial charge < -0.3 is 10.1 Å². The highest BCUT2D eigenvalue weighted by atomic mass is 19.1. The van der Waals surface area contributed by atoms with E-state index >= 15 is 0 Å². The molecule has 1 unspecified atom stereocenters. The third-order valence-corrected chi connectivity index (χ3v) is 4.54. The molecule has 0 saturated heterocycles. The van der Waals surface area contributed by atoms with Gasteiger partial charge in [0.15, 0.2) is 5.78 Å². The number of hydrogen-bond donors (Lipinski definition) is 1. The summed E-state index contributed by atoms with van der Waals surface area (Å²) in [5.74, 6) is 0.445. The fraction of sp³-hybridized carbons (Fsp3) is 0.381. The van der Waals surface area contributed by atoms with Crippen molar-refractivity contribution in [1.82, 2.24) is 10.2 Å². The van der Waals surface area contributed by atoms with Gasteiger partial charge in [0.1, 0.15) is 11.6 Å². The molecular weight excluding hydrogens is 331 g/mol. The highest BCUT2D eigenvalue weighted by Gasteiger charge is 2.18. The summed E-state index contributed by atoms with van der Waals surface area (Å²) in [4.78, 5) is 14.6. The van der Waals surface area contributed by atoms with E-state index in [0.717, 1.165) is 18.8 Å². The summed E-state index contributed by atoms with van der Waals surface area (Å²) in [7, 11) is 1.65. The molecule has 0 heterocycles. The Morgan fingerprint density at radius 3 is 2.23 bits per heavy atom. The average molecular weight is 358 g/mol. The van der Waals surface area contributed by atoms with Gasteiger partial charge in [0.05, 0.1) is 13.7 Å². The van der Waals surface area contributed by atoms with Crippen molar-refractivity contribution in [2.24, 2.45) is 0 Å². The highest BCUT2D eigenvalue weighted by molar-refractivity contribution is 5.97. The maximum atomic E-state index is 13.0. The lowest BCUT2D eigenvalue weighted by molar-refractivity contribution is 0.0987. The van der Waals surface area contributed by atoms with Crippen LogP contribution in [0.1, 0.15) is 35.8 Å². The Morgan fingerprint density at radius 2 is 1.69 bits per heavy atom. The van der Waals surface area contributed by atoms with E-state index in [2.05, 4.69) is 36.2 Å². The molecule has 5 heteroatoms. The Labute approximate surface area is 155 Å². The van der Waals surface area contributed by atoms with E-state index in [0.29, 0.717) is 12.1 Å². The van der Waals surface area contributed by atoms with Gasteiger partial charge in [0.2, 0.25) is 0 Å². The Hall–Kier alpha value is -2.24. The van der Waals surface area contributed by atoms with Crippen molar-refractivity contribution in [2.75, 3.05) is 33.3 Å². The van der Waals surface area contributed by atoms with Gasteiger partial charge in [-0.15, -0.1) is 0 Å². The molecule has 0 fully saturated rings. The van der Waals surface area contributed by atoms with E-state index in [9.17, 15) is 9.18 Å². The van der Waals surface area contributed by atoms with Crippen LogP contribution >= 0.6 is 0 Å². The van der Waals surface area contributed by atoms with Crippen LogP contribution in [0.15, 0.2) is 48.5 Å². The molecule has 140 valence electrons. The maximum Gasteiger partial charge on any atom is 0.176 e. The van der Waals surface area contributed by atoms with E-state index in [4.69, 9.17) is 4.74 Å². The molecule has 1 N–H and O–H groups in total.